The van der Waals surface area contributed by atoms with E-state index in [1.165, 1.54) is 11.3 Å². The van der Waals surface area contributed by atoms with Crippen molar-refractivity contribution >= 4 is 37.1 Å². The van der Waals surface area contributed by atoms with Crippen LogP contribution in [-0.4, -0.2) is 18.7 Å². The zero-order valence-corrected chi connectivity index (χ0v) is 10.5. The number of rotatable bonds is 3. The molecule has 0 atom stereocenters. The van der Waals surface area contributed by atoms with Gasteiger partial charge in [0.05, 0.1) is 15.2 Å². The Hall–Kier alpha value is 0.0600. The van der Waals surface area contributed by atoms with Gasteiger partial charge in [-0.25, -0.2) is 13.4 Å². The summed E-state index contributed by atoms with van der Waals surface area (Å²) in [6.07, 6.45) is 1.62. The molecule has 0 aliphatic heterocycles. The number of thiazole rings is 1. The molecule has 1 rings (SSSR count). The molecule has 0 aromatic carbocycles. The summed E-state index contributed by atoms with van der Waals surface area (Å²) in [4.78, 5) is 3.98. The van der Waals surface area contributed by atoms with Gasteiger partial charge < -0.3 is 0 Å². The van der Waals surface area contributed by atoms with Crippen molar-refractivity contribution in [3.63, 3.8) is 0 Å². The van der Waals surface area contributed by atoms with Crippen LogP contribution in [0.25, 0.3) is 0 Å². The molecule has 1 aromatic rings. The molecule has 6 heteroatoms. The number of halogens is 1. The van der Waals surface area contributed by atoms with Crippen molar-refractivity contribution in [2.75, 3.05) is 0 Å². The van der Waals surface area contributed by atoms with E-state index in [1.807, 2.05) is 0 Å². The molecule has 0 N–H and O–H groups in total. The average molecular weight is 284 g/mol. The van der Waals surface area contributed by atoms with E-state index in [-0.39, 0.29) is 11.0 Å². The first kappa shape index (κ1) is 11.1. The molecule has 1 heterocycles. The largest absolute Gasteiger partial charge is 0.247 e. The zero-order valence-electron chi connectivity index (χ0n) is 7.32. The second kappa shape index (κ2) is 4.06. The molecule has 3 nitrogen and oxygen atoms in total. The fraction of sp³-hybridized carbons (Fsp3) is 0.571. The van der Waals surface area contributed by atoms with Gasteiger partial charge >= 0.3 is 0 Å². The summed E-state index contributed by atoms with van der Waals surface area (Å²) in [6, 6.07) is 0. The smallest absolute Gasteiger partial charge is 0.159 e. The number of hydrogen-bond acceptors (Lipinski definition) is 4. The second-order valence-corrected chi connectivity index (χ2v) is 7.97. The predicted octanol–water partition coefficient (Wildman–Crippen LogP) is 2.23. The monoisotopic (exact) mass is 283 g/mol. The van der Waals surface area contributed by atoms with Gasteiger partial charge in [-0.05, 0) is 29.8 Å². The van der Waals surface area contributed by atoms with E-state index < -0.39 is 9.84 Å². The van der Waals surface area contributed by atoms with Gasteiger partial charge in [-0.3, -0.25) is 0 Å². The van der Waals surface area contributed by atoms with Crippen molar-refractivity contribution < 1.29 is 8.42 Å². The highest BCUT2D eigenvalue weighted by Crippen LogP contribution is 2.21. The maximum Gasteiger partial charge on any atom is 0.159 e. The van der Waals surface area contributed by atoms with Crippen LogP contribution in [0, 0.1) is 0 Å². The van der Waals surface area contributed by atoms with Crippen molar-refractivity contribution in [2.45, 2.75) is 24.9 Å². The third-order valence-corrected chi connectivity index (χ3v) is 5.34. The van der Waals surface area contributed by atoms with Crippen LogP contribution in [0.2, 0.25) is 0 Å². The highest BCUT2D eigenvalue weighted by molar-refractivity contribution is 9.11. The van der Waals surface area contributed by atoms with Crippen molar-refractivity contribution in [1.29, 1.82) is 0 Å². The Labute approximate surface area is 90.2 Å². The molecule has 0 radical (unpaired) electrons. The van der Waals surface area contributed by atoms with Crippen LogP contribution in [0.4, 0.5) is 0 Å². The lowest BCUT2D eigenvalue weighted by Crippen LogP contribution is -2.15. The van der Waals surface area contributed by atoms with E-state index in [2.05, 4.69) is 20.9 Å². The molecule has 1 aromatic heterocycles. The third-order valence-electron chi connectivity index (χ3n) is 1.57. The summed E-state index contributed by atoms with van der Waals surface area (Å²) in [6.45, 7) is 3.36. The van der Waals surface area contributed by atoms with Gasteiger partial charge in [-0.2, -0.15) is 0 Å². The molecule has 0 bridgehead atoms. The molecule has 0 unspecified atom stereocenters. The van der Waals surface area contributed by atoms with Crippen molar-refractivity contribution in [3.05, 3.63) is 15.0 Å². The summed E-state index contributed by atoms with van der Waals surface area (Å²) >= 11 is 4.60. The van der Waals surface area contributed by atoms with Crippen molar-refractivity contribution in [3.8, 4) is 0 Å². The molecule has 0 amide bonds. The van der Waals surface area contributed by atoms with E-state index in [1.54, 1.807) is 20.0 Å². The Morgan fingerprint density at radius 2 is 2.23 bits per heavy atom. The minimum Gasteiger partial charge on any atom is -0.247 e. The van der Waals surface area contributed by atoms with E-state index >= 15 is 0 Å². The summed E-state index contributed by atoms with van der Waals surface area (Å²) < 4.78 is 23.8. The highest BCUT2D eigenvalue weighted by atomic mass is 79.9. The molecule has 0 fully saturated rings. The first-order valence-electron chi connectivity index (χ1n) is 3.73. The number of nitrogens with zero attached hydrogens (tertiary/aromatic N) is 1. The fourth-order valence-electron chi connectivity index (χ4n) is 0.694. The molecule has 0 aliphatic carbocycles. The van der Waals surface area contributed by atoms with Gasteiger partial charge in [0, 0.05) is 0 Å². The summed E-state index contributed by atoms with van der Waals surface area (Å²) in [5.74, 6) is 0.0426. The molecule has 0 saturated carbocycles. The standard InChI is InChI=1S/C7H10BrNO2S2/c1-5(2)13(10,11)4-7-9-3-6(8)12-7/h3,5H,4H2,1-2H3. The maximum atomic E-state index is 11.5. The van der Waals surface area contributed by atoms with Gasteiger partial charge in [-0.15, -0.1) is 11.3 Å². The summed E-state index contributed by atoms with van der Waals surface area (Å²) in [5, 5.41) is 0.302. The lowest BCUT2D eigenvalue weighted by molar-refractivity contribution is 0.586. The lowest BCUT2D eigenvalue weighted by Gasteiger charge is -2.04. The molecular formula is C7H10BrNO2S2. The topological polar surface area (TPSA) is 47.0 Å². The van der Waals surface area contributed by atoms with Crippen molar-refractivity contribution in [2.24, 2.45) is 0 Å². The van der Waals surface area contributed by atoms with Gasteiger partial charge in [0.25, 0.3) is 0 Å². The van der Waals surface area contributed by atoms with Gasteiger partial charge in [-0.1, -0.05) is 0 Å². The average Bonchev–Trinajstić information content (AvgIpc) is 2.34. The summed E-state index contributed by atoms with van der Waals surface area (Å²) in [5.41, 5.74) is 0. The van der Waals surface area contributed by atoms with Crippen molar-refractivity contribution in [1.82, 2.24) is 4.98 Å². The first-order valence-corrected chi connectivity index (χ1v) is 7.06. The van der Waals surface area contributed by atoms with Crippen LogP contribution >= 0.6 is 27.3 Å². The number of hydrogen-bond donors (Lipinski definition) is 0. The van der Waals surface area contributed by atoms with Crippen LogP contribution in [0.1, 0.15) is 18.9 Å². The second-order valence-electron chi connectivity index (χ2n) is 2.91. The molecule has 74 valence electrons. The van der Waals surface area contributed by atoms with Gasteiger partial charge in [0.15, 0.2) is 9.84 Å². The molecular weight excluding hydrogens is 274 g/mol. The molecule has 0 saturated heterocycles. The zero-order chi connectivity index (χ0) is 10.1. The SMILES string of the molecule is CC(C)S(=O)(=O)Cc1ncc(Br)s1. The Morgan fingerprint density at radius 1 is 1.62 bits per heavy atom. The minimum absolute atomic E-state index is 0.0426. The minimum atomic E-state index is -3.01. The Balaban J connectivity index is 2.81. The quantitative estimate of drug-likeness (QED) is 0.855. The van der Waals surface area contributed by atoms with E-state index in [4.69, 9.17) is 0 Å². The molecule has 13 heavy (non-hydrogen) atoms. The van der Waals surface area contributed by atoms with Crippen LogP contribution < -0.4 is 0 Å². The maximum absolute atomic E-state index is 11.5. The Morgan fingerprint density at radius 3 is 2.62 bits per heavy atom. The van der Waals surface area contributed by atoms with Gasteiger partial charge in [0.2, 0.25) is 0 Å². The van der Waals surface area contributed by atoms with E-state index in [9.17, 15) is 8.42 Å². The highest BCUT2D eigenvalue weighted by Gasteiger charge is 2.18. The Kier molecular flexibility index (Phi) is 3.48. The predicted molar refractivity (Wildman–Crippen MR) is 57.6 cm³/mol. The van der Waals surface area contributed by atoms with E-state index in [0.717, 1.165) is 3.79 Å². The number of sulfone groups is 1. The number of aromatic nitrogens is 1. The van der Waals surface area contributed by atoms with E-state index in [0.29, 0.717) is 5.01 Å². The first-order chi connectivity index (χ1) is 5.92. The van der Waals surface area contributed by atoms with Crippen LogP contribution in [0.5, 0.6) is 0 Å². The van der Waals surface area contributed by atoms with Crippen LogP contribution in [0.3, 0.4) is 0 Å². The lowest BCUT2D eigenvalue weighted by atomic mass is 10.6. The van der Waals surface area contributed by atoms with Crippen LogP contribution in [0.15, 0.2) is 9.98 Å². The van der Waals surface area contributed by atoms with Gasteiger partial charge in [0.1, 0.15) is 10.8 Å². The van der Waals surface area contributed by atoms with Crippen LogP contribution in [-0.2, 0) is 15.6 Å². The fourth-order valence-corrected chi connectivity index (χ4v) is 3.27. The third kappa shape index (κ3) is 3.03. The Bertz CT molecular complexity index is 383. The summed E-state index contributed by atoms with van der Waals surface area (Å²) in [7, 11) is -3.01. The molecule has 0 aliphatic rings. The normalized spacial score (nSPS) is 12.3. The molecule has 0 spiro atoms.